The van der Waals surface area contributed by atoms with E-state index in [-0.39, 0.29) is 0 Å². The number of unbranched alkanes of at least 4 members (excludes halogenated alkanes) is 6. The molecule has 4 atom stereocenters. The molecule has 9 heteroatoms. The van der Waals surface area contributed by atoms with Crippen molar-refractivity contribution < 1.29 is 0 Å². The number of nitrogens with one attached hydrogen (secondary N) is 2. The second kappa shape index (κ2) is 24.9. The monoisotopic (exact) mass is 879 g/mol. The van der Waals surface area contributed by atoms with E-state index in [0.29, 0.717) is 22.3 Å². The predicted octanol–water partition coefficient (Wildman–Crippen LogP) is 12.4. The van der Waals surface area contributed by atoms with Crippen LogP contribution in [0.2, 0.25) is 12.1 Å². The van der Waals surface area contributed by atoms with E-state index < -0.39 is 6.37 Å². The zero-order valence-corrected chi connectivity index (χ0v) is 41.3. The molecule has 0 amide bonds. The molecule has 0 bridgehead atoms. The third kappa shape index (κ3) is 13.6. The molecule has 2 N–H and O–H groups in total. The van der Waals surface area contributed by atoms with Gasteiger partial charge in [-0.15, -0.1) is 0 Å². The van der Waals surface area contributed by atoms with Gasteiger partial charge in [-0.3, -0.25) is 9.98 Å². The largest absolute Gasteiger partial charge is 0.357 e. The first-order valence-electron chi connectivity index (χ1n) is 24.1. The normalized spacial score (nSPS) is 16.6. The summed E-state index contributed by atoms with van der Waals surface area (Å²) < 4.78 is 0. The van der Waals surface area contributed by atoms with Gasteiger partial charge in [0.2, 0.25) is 0 Å². The average molecular weight is 879 g/mol. The summed E-state index contributed by atoms with van der Waals surface area (Å²) in [7, 11) is 0. The highest BCUT2D eigenvalue weighted by molar-refractivity contribution is 8.58. The Hall–Kier alpha value is -2.82. The molecule has 0 aromatic heterocycles. The third-order valence-electron chi connectivity index (χ3n) is 12.9. The van der Waals surface area contributed by atoms with Gasteiger partial charge in [0.1, 0.15) is 11.7 Å². The van der Waals surface area contributed by atoms with Crippen molar-refractivity contribution >= 4 is 62.0 Å². The van der Waals surface area contributed by atoms with Gasteiger partial charge in [0.15, 0.2) is 6.37 Å². The molecule has 6 nitrogen and oxygen atoms in total. The predicted molar refractivity (Wildman–Crippen MR) is 276 cm³/mol. The number of rotatable bonds is 28. The first-order valence-corrected chi connectivity index (χ1v) is 29.8. The molecule has 4 aromatic rings. The minimum absolute atomic E-state index is 0.291. The van der Waals surface area contributed by atoms with E-state index in [1.54, 1.807) is 0 Å². The van der Waals surface area contributed by atoms with Crippen LogP contribution in [-0.4, -0.2) is 104 Å². The Labute approximate surface area is 379 Å². The zero-order chi connectivity index (χ0) is 42.9. The van der Waals surface area contributed by atoms with E-state index in [4.69, 9.17) is 9.98 Å². The van der Waals surface area contributed by atoms with Crippen molar-refractivity contribution in [2.75, 3.05) is 65.4 Å². The molecule has 6 rings (SSSR count). The van der Waals surface area contributed by atoms with Gasteiger partial charge in [0.25, 0.3) is 0 Å². The van der Waals surface area contributed by atoms with Crippen LogP contribution in [0.15, 0.2) is 94.9 Å². The molecule has 0 saturated carbocycles. The molecular weight excluding hydrogens is 801 g/mol. The minimum atomic E-state index is -1.67. The molecule has 0 spiro atoms. The van der Waals surface area contributed by atoms with Crippen LogP contribution in [0.4, 0.5) is 0 Å². The van der Waals surface area contributed by atoms with Crippen molar-refractivity contribution in [2.45, 2.75) is 127 Å². The van der Waals surface area contributed by atoms with Crippen LogP contribution in [0.3, 0.4) is 0 Å². The van der Waals surface area contributed by atoms with Gasteiger partial charge >= 0.3 is 0 Å². The fourth-order valence-electron chi connectivity index (χ4n) is 9.69. The zero-order valence-electron chi connectivity index (χ0n) is 38.6. The lowest BCUT2D eigenvalue weighted by molar-refractivity contribution is 0.434. The van der Waals surface area contributed by atoms with Crippen LogP contribution in [0.1, 0.15) is 116 Å². The van der Waals surface area contributed by atoms with Gasteiger partial charge in [-0.05, 0) is 44.8 Å². The highest BCUT2D eigenvalue weighted by Gasteiger charge is 2.37. The number of amidine groups is 2. The summed E-state index contributed by atoms with van der Waals surface area (Å²) in [6.45, 7) is 24.5. The Morgan fingerprint density at radius 1 is 0.557 bits per heavy atom. The van der Waals surface area contributed by atoms with Gasteiger partial charge in [-0.1, -0.05) is 178 Å². The summed E-state index contributed by atoms with van der Waals surface area (Å²) in [5.74, 6) is 3.10. The Bertz CT molecular complexity index is 1830. The van der Waals surface area contributed by atoms with Gasteiger partial charge in [0, 0.05) is 74.7 Å². The van der Waals surface area contributed by atoms with Crippen molar-refractivity contribution in [1.82, 2.24) is 20.4 Å². The summed E-state index contributed by atoms with van der Waals surface area (Å²) in [6.07, 6.45) is 9.23. The van der Waals surface area contributed by atoms with Gasteiger partial charge < -0.3 is 20.4 Å². The van der Waals surface area contributed by atoms with Crippen molar-refractivity contribution in [1.29, 1.82) is 0 Å². The first-order chi connectivity index (χ1) is 29.8. The first kappa shape index (κ1) is 47.7. The molecular formula is C52H78N6S2Si. The molecule has 2 aliphatic rings. The molecule has 0 saturated heterocycles. The van der Waals surface area contributed by atoms with E-state index in [9.17, 15) is 0 Å². The molecule has 2 aliphatic heterocycles. The lowest BCUT2D eigenvalue weighted by Crippen LogP contribution is -2.40. The number of hydrogen-bond acceptors (Lipinski definition) is 8. The van der Waals surface area contributed by atoms with Crippen LogP contribution in [0.5, 0.6) is 0 Å². The number of fused-ring (bicyclic) bond motifs is 2. The molecule has 332 valence electrons. The average Bonchev–Trinajstić information content (AvgIpc) is 3.96. The maximum Gasteiger partial charge on any atom is 0.177 e. The summed E-state index contributed by atoms with van der Waals surface area (Å²) in [4.78, 5) is 15.2. The summed E-state index contributed by atoms with van der Waals surface area (Å²) in [6, 6.07) is 33.9. The van der Waals surface area contributed by atoms with Crippen LogP contribution >= 0.6 is 22.4 Å². The highest BCUT2D eigenvalue weighted by Crippen LogP contribution is 2.46. The number of benzene rings is 4. The fraction of sp³-hybridized carbons (Fsp3) is 0.577. The fourth-order valence-corrected chi connectivity index (χ4v) is 25.6. The second-order valence-corrected chi connectivity index (χ2v) is 29.6. The quantitative estimate of drug-likeness (QED) is 0.0438. The van der Waals surface area contributed by atoms with Crippen molar-refractivity contribution in [3.63, 3.8) is 0 Å². The SMILES string of the molecule is CCCCCC[Si](CCCCCC)(SC(C)CNCCN1CCN=C1C(C)c1cccc2ccccc12)SC(C)CNCCN1CCN=C1C(C)c1cccc2ccccc12. The highest BCUT2D eigenvalue weighted by atomic mass is 32.6. The van der Waals surface area contributed by atoms with E-state index in [1.165, 1.54) is 108 Å². The van der Waals surface area contributed by atoms with E-state index in [2.05, 4.69) is 169 Å². The molecule has 61 heavy (non-hydrogen) atoms. The third-order valence-corrected chi connectivity index (χ3v) is 26.3. The topological polar surface area (TPSA) is 55.3 Å². The number of nitrogens with zero attached hydrogens (tertiary/aromatic N) is 4. The summed E-state index contributed by atoms with van der Waals surface area (Å²) in [5, 5.41) is 14.4. The number of aliphatic imine (C=N–C) groups is 2. The summed E-state index contributed by atoms with van der Waals surface area (Å²) >= 11 is 4.87. The Balaban J connectivity index is 1.01. The standard InChI is InChI=1S/C52H78N6S2Si/c1-7-9-11-17-37-61(38-18-12-10-8-2,59-41(3)39-53-29-33-57-35-31-55-51(57)43(5)47-27-19-23-45-21-13-15-25-49(45)47)60-42(4)40-54-30-34-58-36-32-56-52(58)44(6)48-28-20-24-46-22-14-16-26-50(46)48/h13-16,19-28,41-44,53-54H,7-12,17-18,29-40H2,1-6H3. The Morgan fingerprint density at radius 2 is 0.984 bits per heavy atom. The van der Waals surface area contributed by atoms with Crippen molar-refractivity contribution in [2.24, 2.45) is 9.98 Å². The second-order valence-electron chi connectivity index (χ2n) is 17.8. The molecule has 0 radical (unpaired) electrons. The maximum absolute atomic E-state index is 5.05. The van der Waals surface area contributed by atoms with E-state index >= 15 is 0 Å². The Kier molecular flexibility index (Phi) is 19.4. The summed E-state index contributed by atoms with van der Waals surface area (Å²) in [5.41, 5.74) is 2.78. The van der Waals surface area contributed by atoms with Crippen molar-refractivity contribution in [3.05, 3.63) is 96.1 Å². The van der Waals surface area contributed by atoms with Gasteiger partial charge in [0.05, 0.1) is 13.1 Å². The minimum Gasteiger partial charge on any atom is -0.357 e. The van der Waals surface area contributed by atoms with Crippen LogP contribution in [0.25, 0.3) is 21.5 Å². The lowest BCUT2D eigenvalue weighted by Gasteiger charge is -2.36. The van der Waals surface area contributed by atoms with Gasteiger partial charge in [-0.25, -0.2) is 0 Å². The van der Waals surface area contributed by atoms with Crippen LogP contribution in [0, 0.1) is 0 Å². The molecule has 2 heterocycles. The molecule has 0 aliphatic carbocycles. The van der Waals surface area contributed by atoms with E-state index in [0.717, 1.165) is 65.4 Å². The lowest BCUT2D eigenvalue weighted by atomic mass is 9.93. The molecule has 4 aromatic carbocycles. The van der Waals surface area contributed by atoms with E-state index in [1.807, 2.05) is 0 Å². The smallest absolute Gasteiger partial charge is 0.177 e. The molecule has 0 fully saturated rings. The van der Waals surface area contributed by atoms with Crippen LogP contribution < -0.4 is 10.6 Å². The van der Waals surface area contributed by atoms with Gasteiger partial charge in [-0.2, -0.15) is 22.4 Å². The number of hydrogen-bond donors (Lipinski definition) is 2. The van der Waals surface area contributed by atoms with Crippen molar-refractivity contribution in [3.8, 4) is 0 Å². The van der Waals surface area contributed by atoms with Crippen LogP contribution in [-0.2, 0) is 0 Å². The maximum atomic E-state index is 5.05. The molecule has 4 unspecified atom stereocenters. The Morgan fingerprint density at radius 3 is 1.43 bits per heavy atom.